The van der Waals surface area contributed by atoms with Gasteiger partial charge in [0.15, 0.2) is 0 Å². The molecule has 1 rings (SSSR count). The first kappa shape index (κ1) is 13.0. The van der Waals surface area contributed by atoms with Gasteiger partial charge in [0.25, 0.3) is 0 Å². The van der Waals surface area contributed by atoms with Crippen LogP contribution in [0.3, 0.4) is 0 Å². The molecule has 4 nitrogen and oxygen atoms in total. The second kappa shape index (κ2) is 5.87. The van der Waals surface area contributed by atoms with Gasteiger partial charge in [-0.3, -0.25) is 9.59 Å². The van der Waals surface area contributed by atoms with E-state index in [1.54, 1.807) is 0 Å². The summed E-state index contributed by atoms with van der Waals surface area (Å²) in [6.07, 6.45) is 3.23. The standard InChI is InChI=1S/C12H21NO3/c1-8(2)7-13-11(14)9-5-3-4-6-10(9)12(15)16/h8-10H,3-7H2,1-2H3,(H,13,14)(H,15,16). The van der Waals surface area contributed by atoms with E-state index in [9.17, 15) is 9.59 Å². The van der Waals surface area contributed by atoms with Crippen molar-refractivity contribution in [1.82, 2.24) is 5.32 Å². The van der Waals surface area contributed by atoms with Crippen molar-refractivity contribution in [3.05, 3.63) is 0 Å². The van der Waals surface area contributed by atoms with Crippen LogP contribution in [-0.2, 0) is 9.59 Å². The molecule has 2 unspecified atom stereocenters. The number of carboxylic acids is 1. The maximum absolute atomic E-state index is 11.8. The number of rotatable bonds is 4. The predicted molar refractivity (Wildman–Crippen MR) is 60.9 cm³/mol. The smallest absolute Gasteiger partial charge is 0.307 e. The van der Waals surface area contributed by atoms with Crippen LogP contribution in [-0.4, -0.2) is 23.5 Å². The summed E-state index contributed by atoms with van der Waals surface area (Å²) in [5.41, 5.74) is 0. The Balaban J connectivity index is 2.54. The van der Waals surface area contributed by atoms with Gasteiger partial charge in [0.2, 0.25) is 5.91 Å². The highest BCUT2D eigenvalue weighted by molar-refractivity contribution is 5.84. The largest absolute Gasteiger partial charge is 0.481 e. The number of carbonyl (C=O) groups is 2. The van der Waals surface area contributed by atoms with E-state index in [1.807, 2.05) is 13.8 Å². The third-order valence-corrected chi connectivity index (χ3v) is 3.10. The van der Waals surface area contributed by atoms with Crippen LogP contribution < -0.4 is 5.32 Å². The molecule has 1 amide bonds. The number of hydrogen-bond acceptors (Lipinski definition) is 2. The minimum absolute atomic E-state index is 0.0826. The number of carbonyl (C=O) groups excluding carboxylic acids is 1. The lowest BCUT2D eigenvalue weighted by atomic mass is 9.78. The van der Waals surface area contributed by atoms with Crippen LogP contribution >= 0.6 is 0 Å². The Hall–Kier alpha value is -1.06. The molecular weight excluding hydrogens is 206 g/mol. The molecule has 0 aliphatic heterocycles. The maximum Gasteiger partial charge on any atom is 0.307 e. The highest BCUT2D eigenvalue weighted by Crippen LogP contribution is 2.30. The lowest BCUT2D eigenvalue weighted by Gasteiger charge is -2.27. The van der Waals surface area contributed by atoms with Crippen molar-refractivity contribution < 1.29 is 14.7 Å². The number of hydrogen-bond donors (Lipinski definition) is 2. The van der Waals surface area contributed by atoms with Crippen LogP contribution in [0, 0.1) is 17.8 Å². The molecule has 1 aliphatic rings. The van der Waals surface area contributed by atoms with Gasteiger partial charge in [-0.05, 0) is 18.8 Å². The van der Waals surface area contributed by atoms with Crippen LogP contribution in [0.2, 0.25) is 0 Å². The molecule has 2 atom stereocenters. The van der Waals surface area contributed by atoms with Gasteiger partial charge < -0.3 is 10.4 Å². The fourth-order valence-electron chi connectivity index (χ4n) is 2.18. The van der Waals surface area contributed by atoms with Gasteiger partial charge in [0.05, 0.1) is 11.8 Å². The number of nitrogens with one attached hydrogen (secondary N) is 1. The SMILES string of the molecule is CC(C)CNC(=O)C1CCCCC1C(=O)O. The third-order valence-electron chi connectivity index (χ3n) is 3.10. The number of aliphatic carboxylic acids is 1. The van der Waals surface area contributed by atoms with Crippen LogP contribution in [0.25, 0.3) is 0 Å². The van der Waals surface area contributed by atoms with Crippen molar-refractivity contribution in [2.24, 2.45) is 17.8 Å². The van der Waals surface area contributed by atoms with Gasteiger partial charge in [0.1, 0.15) is 0 Å². The zero-order chi connectivity index (χ0) is 12.1. The highest BCUT2D eigenvalue weighted by atomic mass is 16.4. The minimum atomic E-state index is -0.829. The zero-order valence-electron chi connectivity index (χ0n) is 10.0. The van der Waals surface area contributed by atoms with Crippen LogP contribution in [0.5, 0.6) is 0 Å². The van der Waals surface area contributed by atoms with E-state index in [-0.39, 0.29) is 11.8 Å². The summed E-state index contributed by atoms with van der Waals surface area (Å²) in [7, 11) is 0. The Labute approximate surface area is 96.4 Å². The van der Waals surface area contributed by atoms with E-state index in [1.165, 1.54) is 0 Å². The van der Waals surface area contributed by atoms with Gasteiger partial charge in [-0.1, -0.05) is 26.7 Å². The summed E-state index contributed by atoms with van der Waals surface area (Å²) < 4.78 is 0. The number of carboxylic acid groups (broad SMARTS) is 1. The first-order chi connectivity index (χ1) is 7.52. The second-order valence-corrected chi connectivity index (χ2v) is 4.97. The molecule has 2 N–H and O–H groups in total. The summed E-state index contributed by atoms with van der Waals surface area (Å²) >= 11 is 0. The van der Waals surface area contributed by atoms with E-state index in [2.05, 4.69) is 5.32 Å². The average molecular weight is 227 g/mol. The summed E-state index contributed by atoms with van der Waals surface area (Å²) in [5.74, 6) is -1.33. The first-order valence-electron chi connectivity index (χ1n) is 6.03. The zero-order valence-corrected chi connectivity index (χ0v) is 10.0. The Morgan fingerprint density at radius 3 is 2.31 bits per heavy atom. The summed E-state index contributed by atoms with van der Waals surface area (Å²) in [6.45, 7) is 4.67. The fraction of sp³-hybridized carbons (Fsp3) is 0.833. The van der Waals surface area contributed by atoms with Gasteiger partial charge >= 0.3 is 5.97 Å². The minimum Gasteiger partial charge on any atom is -0.481 e. The molecule has 0 bridgehead atoms. The molecule has 1 aliphatic carbocycles. The van der Waals surface area contributed by atoms with Crippen molar-refractivity contribution in [2.75, 3.05) is 6.54 Å². The molecule has 16 heavy (non-hydrogen) atoms. The molecule has 1 fully saturated rings. The molecule has 0 radical (unpaired) electrons. The molecule has 1 saturated carbocycles. The van der Waals surface area contributed by atoms with Gasteiger partial charge in [-0.25, -0.2) is 0 Å². The normalized spacial score (nSPS) is 25.4. The Kier molecular flexibility index (Phi) is 4.77. The molecule has 0 aromatic carbocycles. The van der Waals surface area contributed by atoms with Crippen molar-refractivity contribution >= 4 is 11.9 Å². The fourth-order valence-corrected chi connectivity index (χ4v) is 2.18. The Morgan fingerprint density at radius 2 is 1.81 bits per heavy atom. The molecule has 4 heteroatoms. The van der Waals surface area contributed by atoms with Gasteiger partial charge in [-0.2, -0.15) is 0 Å². The first-order valence-corrected chi connectivity index (χ1v) is 6.03. The van der Waals surface area contributed by atoms with E-state index < -0.39 is 11.9 Å². The van der Waals surface area contributed by atoms with Crippen LogP contribution in [0.15, 0.2) is 0 Å². The Morgan fingerprint density at radius 1 is 1.25 bits per heavy atom. The second-order valence-electron chi connectivity index (χ2n) is 4.97. The molecule has 0 aromatic rings. The van der Waals surface area contributed by atoms with E-state index in [0.717, 1.165) is 12.8 Å². The highest BCUT2D eigenvalue weighted by Gasteiger charge is 2.35. The predicted octanol–water partition coefficient (Wildman–Crippen LogP) is 1.65. The van der Waals surface area contributed by atoms with Gasteiger partial charge in [0, 0.05) is 6.54 Å². The Bertz CT molecular complexity index is 263. The molecule has 0 heterocycles. The molecular formula is C12H21NO3. The number of amides is 1. The summed E-state index contributed by atoms with van der Waals surface area (Å²) in [6, 6.07) is 0. The topological polar surface area (TPSA) is 66.4 Å². The maximum atomic E-state index is 11.8. The lowest BCUT2D eigenvalue weighted by Crippen LogP contribution is -2.40. The van der Waals surface area contributed by atoms with E-state index >= 15 is 0 Å². The average Bonchev–Trinajstić information content (AvgIpc) is 2.25. The van der Waals surface area contributed by atoms with Crippen LogP contribution in [0.4, 0.5) is 0 Å². The van der Waals surface area contributed by atoms with Gasteiger partial charge in [-0.15, -0.1) is 0 Å². The molecule has 0 aromatic heterocycles. The van der Waals surface area contributed by atoms with Crippen LogP contribution in [0.1, 0.15) is 39.5 Å². The van der Waals surface area contributed by atoms with Crippen molar-refractivity contribution in [3.63, 3.8) is 0 Å². The quantitative estimate of drug-likeness (QED) is 0.767. The molecule has 0 spiro atoms. The molecule has 0 saturated heterocycles. The van der Waals surface area contributed by atoms with Crippen molar-refractivity contribution in [3.8, 4) is 0 Å². The van der Waals surface area contributed by atoms with Crippen molar-refractivity contribution in [1.29, 1.82) is 0 Å². The van der Waals surface area contributed by atoms with E-state index in [4.69, 9.17) is 5.11 Å². The third kappa shape index (κ3) is 3.51. The summed E-state index contributed by atoms with van der Waals surface area (Å²) in [5, 5.41) is 11.9. The van der Waals surface area contributed by atoms with Crippen molar-refractivity contribution in [2.45, 2.75) is 39.5 Å². The summed E-state index contributed by atoms with van der Waals surface area (Å²) in [4.78, 5) is 22.9. The van der Waals surface area contributed by atoms with E-state index in [0.29, 0.717) is 25.3 Å². The molecule has 92 valence electrons. The monoisotopic (exact) mass is 227 g/mol. The lowest BCUT2D eigenvalue weighted by molar-refractivity contribution is -0.148.